The van der Waals surface area contributed by atoms with Crippen LogP contribution in [0.4, 0.5) is 0 Å². The summed E-state index contributed by atoms with van der Waals surface area (Å²) in [4.78, 5) is 12.5. The number of amides is 1. The van der Waals surface area contributed by atoms with Gasteiger partial charge in [-0.1, -0.05) is 23.8 Å². The van der Waals surface area contributed by atoms with Gasteiger partial charge in [0.25, 0.3) is 0 Å². The van der Waals surface area contributed by atoms with E-state index in [4.69, 9.17) is 0 Å². The molecule has 1 aliphatic heterocycles. The predicted octanol–water partition coefficient (Wildman–Crippen LogP) is 3.01. The van der Waals surface area contributed by atoms with Gasteiger partial charge in [-0.25, -0.2) is 0 Å². The Hall–Kier alpha value is -1.35. The summed E-state index contributed by atoms with van der Waals surface area (Å²) in [5.74, 6) is 0.116. The molecule has 1 aromatic rings. The number of hydrogen-bond donors (Lipinski definition) is 2. The molecule has 0 saturated carbocycles. The van der Waals surface area contributed by atoms with Crippen molar-refractivity contribution in [3.05, 3.63) is 34.9 Å². The minimum Gasteiger partial charge on any atom is -0.348 e. The second-order valence-electron chi connectivity index (χ2n) is 6.27. The van der Waals surface area contributed by atoms with Crippen LogP contribution in [0.3, 0.4) is 0 Å². The zero-order valence-electron chi connectivity index (χ0n) is 13.0. The lowest BCUT2D eigenvalue weighted by Crippen LogP contribution is -2.57. The van der Waals surface area contributed by atoms with Gasteiger partial charge in [0.15, 0.2) is 0 Å². The maximum absolute atomic E-state index is 12.5. The lowest BCUT2D eigenvalue weighted by atomic mass is 9.89. The van der Waals surface area contributed by atoms with E-state index in [0.29, 0.717) is 0 Å². The second-order valence-corrected chi connectivity index (χ2v) is 6.27. The van der Waals surface area contributed by atoms with E-state index in [0.717, 1.165) is 25.8 Å². The van der Waals surface area contributed by atoms with Gasteiger partial charge in [-0.2, -0.15) is 0 Å². The molecule has 0 spiro atoms. The highest BCUT2D eigenvalue weighted by atomic mass is 16.2. The van der Waals surface area contributed by atoms with Crippen molar-refractivity contribution >= 4 is 5.91 Å². The molecule has 2 N–H and O–H groups in total. The van der Waals surface area contributed by atoms with Crippen LogP contribution in [0.2, 0.25) is 0 Å². The van der Waals surface area contributed by atoms with Gasteiger partial charge in [0.1, 0.15) is 0 Å². The van der Waals surface area contributed by atoms with Crippen molar-refractivity contribution in [1.82, 2.24) is 10.6 Å². The molecule has 0 bridgehead atoms. The Morgan fingerprint density at radius 2 is 2.10 bits per heavy atom. The average Bonchev–Trinajstić information content (AvgIpc) is 2.42. The fourth-order valence-corrected chi connectivity index (χ4v) is 2.91. The smallest absolute Gasteiger partial charge is 0.240 e. The summed E-state index contributed by atoms with van der Waals surface area (Å²) >= 11 is 0. The number of carbonyl (C=O) groups is 1. The lowest BCUT2D eigenvalue weighted by molar-refractivity contribution is -0.128. The number of rotatable bonds is 3. The Morgan fingerprint density at radius 3 is 2.75 bits per heavy atom. The fraction of sp³-hybridized carbons (Fsp3) is 0.588. The van der Waals surface area contributed by atoms with Gasteiger partial charge in [0, 0.05) is 0 Å². The van der Waals surface area contributed by atoms with Crippen LogP contribution in [0.15, 0.2) is 18.2 Å². The maximum atomic E-state index is 12.5. The van der Waals surface area contributed by atoms with E-state index in [-0.39, 0.29) is 11.9 Å². The molecule has 2 atom stereocenters. The second kappa shape index (κ2) is 5.96. The topological polar surface area (TPSA) is 41.1 Å². The molecule has 1 aromatic carbocycles. The normalized spacial score (nSPS) is 24.2. The molecule has 0 radical (unpaired) electrons. The maximum Gasteiger partial charge on any atom is 0.240 e. The number of carbonyl (C=O) groups excluding carboxylic acids is 1. The number of hydrogen-bond acceptors (Lipinski definition) is 2. The highest BCUT2D eigenvalue weighted by Gasteiger charge is 2.34. The number of benzene rings is 1. The van der Waals surface area contributed by atoms with E-state index in [9.17, 15) is 4.79 Å². The van der Waals surface area contributed by atoms with Crippen molar-refractivity contribution in [1.29, 1.82) is 0 Å². The zero-order valence-corrected chi connectivity index (χ0v) is 13.0. The molecule has 0 aromatic heterocycles. The summed E-state index contributed by atoms with van der Waals surface area (Å²) < 4.78 is 0. The molecule has 110 valence electrons. The van der Waals surface area contributed by atoms with Crippen molar-refractivity contribution in [3.63, 3.8) is 0 Å². The van der Waals surface area contributed by atoms with E-state index in [1.807, 2.05) is 6.92 Å². The average molecular weight is 274 g/mol. The number of piperidine rings is 1. The van der Waals surface area contributed by atoms with Gasteiger partial charge < -0.3 is 10.6 Å². The Morgan fingerprint density at radius 1 is 1.35 bits per heavy atom. The van der Waals surface area contributed by atoms with Gasteiger partial charge in [-0.15, -0.1) is 0 Å². The number of nitrogens with one attached hydrogen (secondary N) is 2. The van der Waals surface area contributed by atoms with Crippen LogP contribution in [0.1, 0.15) is 55.8 Å². The van der Waals surface area contributed by atoms with Gasteiger partial charge in [0.05, 0.1) is 11.6 Å². The van der Waals surface area contributed by atoms with E-state index in [2.05, 4.69) is 49.6 Å². The molecule has 1 heterocycles. The van der Waals surface area contributed by atoms with Crippen LogP contribution >= 0.6 is 0 Å². The van der Waals surface area contributed by atoms with Crippen molar-refractivity contribution < 1.29 is 4.79 Å². The quantitative estimate of drug-likeness (QED) is 0.889. The zero-order chi connectivity index (χ0) is 14.8. The van der Waals surface area contributed by atoms with Gasteiger partial charge in [-0.05, 0) is 64.6 Å². The van der Waals surface area contributed by atoms with E-state index >= 15 is 0 Å². The summed E-state index contributed by atoms with van der Waals surface area (Å²) in [7, 11) is 0. The standard InChI is InChI=1S/C17H26N2O/c1-12-7-8-13(2)15(11-12)14(3)19-16(20)17(4)9-5-6-10-18-17/h7-8,11,14,18H,5-6,9-10H2,1-4H3,(H,19,20). The van der Waals surface area contributed by atoms with Crippen molar-refractivity contribution in [3.8, 4) is 0 Å². The minimum atomic E-state index is -0.412. The SMILES string of the molecule is Cc1ccc(C)c(C(C)NC(=O)C2(C)CCCCN2)c1. The molecule has 2 unspecified atom stereocenters. The van der Waals surface area contributed by atoms with Crippen LogP contribution < -0.4 is 10.6 Å². The van der Waals surface area contributed by atoms with Crippen molar-refractivity contribution in [2.45, 2.75) is 58.5 Å². The first kappa shape index (κ1) is 15.0. The molecule has 1 amide bonds. The molecule has 1 aliphatic rings. The summed E-state index contributed by atoms with van der Waals surface area (Å²) in [5.41, 5.74) is 3.25. The fourth-order valence-electron chi connectivity index (χ4n) is 2.91. The molecule has 3 nitrogen and oxygen atoms in total. The Bertz CT molecular complexity index is 490. The predicted molar refractivity (Wildman–Crippen MR) is 82.7 cm³/mol. The van der Waals surface area contributed by atoms with E-state index in [1.165, 1.54) is 16.7 Å². The highest BCUT2D eigenvalue weighted by molar-refractivity contribution is 5.86. The summed E-state index contributed by atoms with van der Waals surface area (Å²) in [6.45, 7) is 9.18. The third-order valence-electron chi connectivity index (χ3n) is 4.37. The molecular weight excluding hydrogens is 248 g/mol. The molecule has 1 fully saturated rings. The van der Waals surface area contributed by atoms with Crippen molar-refractivity contribution in [2.24, 2.45) is 0 Å². The van der Waals surface area contributed by atoms with Crippen LogP contribution in [-0.4, -0.2) is 18.0 Å². The van der Waals surface area contributed by atoms with Gasteiger partial charge in [-0.3, -0.25) is 4.79 Å². The minimum absolute atomic E-state index is 0.0444. The molecule has 20 heavy (non-hydrogen) atoms. The van der Waals surface area contributed by atoms with Crippen LogP contribution in [0.25, 0.3) is 0 Å². The molecular formula is C17H26N2O. The Balaban J connectivity index is 2.08. The lowest BCUT2D eigenvalue weighted by Gasteiger charge is -2.34. The summed E-state index contributed by atoms with van der Waals surface area (Å²) in [5, 5.41) is 6.54. The first-order valence-electron chi connectivity index (χ1n) is 7.55. The first-order chi connectivity index (χ1) is 9.42. The number of aryl methyl sites for hydroxylation is 2. The Labute approximate surface area is 122 Å². The van der Waals surface area contributed by atoms with Crippen molar-refractivity contribution in [2.75, 3.05) is 6.54 Å². The van der Waals surface area contributed by atoms with Crippen LogP contribution in [-0.2, 0) is 4.79 Å². The van der Waals surface area contributed by atoms with Crippen LogP contribution in [0, 0.1) is 13.8 Å². The third-order valence-corrected chi connectivity index (χ3v) is 4.37. The Kier molecular flexibility index (Phi) is 4.48. The first-order valence-corrected chi connectivity index (χ1v) is 7.55. The highest BCUT2D eigenvalue weighted by Crippen LogP contribution is 2.23. The summed E-state index contributed by atoms with van der Waals surface area (Å²) in [6.07, 6.45) is 3.20. The molecule has 3 heteroatoms. The van der Waals surface area contributed by atoms with E-state index in [1.54, 1.807) is 0 Å². The third kappa shape index (κ3) is 3.21. The van der Waals surface area contributed by atoms with Gasteiger partial charge >= 0.3 is 0 Å². The summed E-state index contributed by atoms with van der Waals surface area (Å²) in [6, 6.07) is 6.44. The van der Waals surface area contributed by atoms with Gasteiger partial charge in [0.2, 0.25) is 5.91 Å². The largest absolute Gasteiger partial charge is 0.348 e. The molecule has 2 rings (SSSR count). The monoisotopic (exact) mass is 274 g/mol. The molecule has 1 saturated heterocycles. The molecule has 0 aliphatic carbocycles. The van der Waals surface area contributed by atoms with Crippen LogP contribution in [0.5, 0.6) is 0 Å². The van der Waals surface area contributed by atoms with E-state index < -0.39 is 5.54 Å².